The molecular formula is C12H24N2O3. The normalized spacial score (nSPS) is 12.3. The van der Waals surface area contributed by atoms with Gasteiger partial charge < -0.3 is 15.4 Å². The van der Waals surface area contributed by atoms with Crippen LogP contribution in [-0.4, -0.2) is 38.6 Å². The van der Waals surface area contributed by atoms with Crippen LogP contribution in [0.2, 0.25) is 0 Å². The minimum Gasteiger partial charge on any atom is -0.468 e. The van der Waals surface area contributed by atoms with E-state index in [0.29, 0.717) is 25.3 Å². The van der Waals surface area contributed by atoms with Gasteiger partial charge in [0, 0.05) is 13.5 Å². The molecule has 0 aromatic carbocycles. The summed E-state index contributed by atoms with van der Waals surface area (Å²) < 4.78 is 4.73. The predicted octanol–water partition coefficient (Wildman–Crippen LogP) is 0.690. The smallest absolute Gasteiger partial charge is 0.322 e. The predicted molar refractivity (Wildman–Crippen MR) is 66.6 cm³/mol. The second-order valence-corrected chi connectivity index (χ2v) is 4.44. The second-order valence-electron chi connectivity index (χ2n) is 4.44. The third-order valence-electron chi connectivity index (χ3n) is 2.44. The minimum absolute atomic E-state index is 0.0188. The Labute approximate surface area is 103 Å². The lowest BCUT2D eigenvalue weighted by molar-refractivity contribution is -0.143. The highest BCUT2D eigenvalue weighted by atomic mass is 16.5. The zero-order valence-electron chi connectivity index (χ0n) is 11.2. The van der Waals surface area contributed by atoms with Crippen LogP contribution >= 0.6 is 0 Å². The first-order chi connectivity index (χ1) is 8.01. The quantitative estimate of drug-likeness (QED) is 0.487. The molecule has 0 saturated carbocycles. The summed E-state index contributed by atoms with van der Waals surface area (Å²) in [4.78, 5) is 22.5. The molecule has 1 unspecified atom stereocenters. The number of nitrogens with one attached hydrogen (secondary N) is 2. The van der Waals surface area contributed by atoms with Gasteiger partial charge in [-0.3, -0.25) is 9.59 Å². The van der Waals surface area contributed by atoms with Gasteiger partial charge in [-0.05, 0) is 25.3 Å². The van der Waals surface area contributed by atoms with Gasteiger partial charge in [0.05, 0.1) is 7.11 Å². The molecule has 2 N–H and O–H groups in total. The fraction of sp³-hybridized carbons (Fsp3) is 0.833. The number of amides is 1. The maximum atomic E-state index is 11.5. The van der Waals surface area contributed by atoms with Crippen molar-refractivity contribution in [2.45, 2.75) is 39.2 Å². The Morgan fingerprint density at radius 1 is 1.29 bits per heavy atom. The fourth-order valence-electron chi connectivity index (χ4n) is 1.53. The average molecular weight is 244 g/mol. The van der Waals surface area contributed by atoms with Gasteiger partial charge in [0.1, 0.15) is 6.04 Å². The highest BCUT2D eigenvalue weighted by Gasteiger charge is 2.19. The van der Waals surface area contributed by atoms with Crippen molar-refractivity contribution in [1.82, 2.24) is 10.6 Å². The minimum atomic E-state index is -0.273. The van der Waals surface area contributed by atoms with E-state index in [9.17, 15) is 9.59 Å². The van der Waals surface area contributed by atoms with Crippen molar-refractivity contribution in [3.8, 4) is 0 Å². The Balaban J connectivity index is 3.91. The topological polar surface area (TPSA) is 67.4 Å². The number of hydrogen-bond acceptors (Lipinski definition) is 4. The Kier molecular flexibility index (Phi) is 8.40. The molecule has 0 fully saturated rings. The molecule has 0 spiro atoms. The van der Waals surface area contributed by atoms with Gasteiger partial charge in [0.2, 0.25) is 5.91 Å². The van der Waals surface area contributed by atoms with E-state index >= 15 is 0 Å². The van der Waals surface area contributed by atoms with Crippen LogP contribution in [-0.2, 0) is 14.3 Å². The molecule has 0 bridgehead atoms. The third kappa shape index (κ3) is 7.74. The summed E-state index contributed by atoms with van der Waals surface area (Å²) in [6.45, 7) is 4.75. The summed E-state index contributed by atoms with van der Waals surface area (Å²) in [6.07, 6.45) is 1.93. The van der Waals surface area contributed by atoms with E-state index in [4.69, 9.17) is 4.74 Å². The van der Waals surface area contributed by atoms with Gasteiger partial charge in [0.15, 0.2) is 0 Å². The lowest BCUT2D eigenvalue weighted by Crippen LogP contribution is -2.39. The van der Waals surface area contributed by atoms with Gasteiger partial charge in [-0.2, -0.15) is 0 Å². The number of ether oxygens (including phenoxy) is 1. The monoisotopic (exact) mass is 244 g/mol. The van der Waals surface area contributed by atoms with Crippen LogP contribution in [0.5, 0.6) is 0 Å². The molecule has 100 valence electrons. The summed E-state index contributed by atoms with van der Waals surface area (Å²) in [5, 5.41) is 5.69. The van der Waals surface area contributed by atoms with Crippen LogP contribution in [0, 0.1) is 5.92 Å². The fourth-order valence-corrected chi connectivity index (χ4v) is 1.53. The van der Waals surface area contributed by atoms with Crippen molar-refractivity contribution in [2.75, 3.05) is 20.7 Å². The molecule has 17 heavy (non-hydrogen) atoms. The largest absolute Gasteiger partial charge is 0.468 e. The maximum absolute atomic E-state index is 11.5. The lowest BCUT2D eigenvalue weighted by atomic mass is 10.0. The summed E-state index contributed by atoms with van der Waals surface area (Å²) in [7, 11) is 3.01. The molecule has 5 nitrogen and oxygen atoms in total. The van der Waals surface area contributed by atoms with Crippen LogP contribution in [0.4, 0.5) is 0 Å². The summed E-state index contributed by atoms with van der Waals surface area (Å²) in [5.74, 6) is 0.203. The number of carbonyl (C=O) groups is 2. The Hall–Kier alpha value is -1.10. The third-order valence-corrected chi connectivity index (χ3v) is 2.44. The van der Waals surface area contributed by atoms with Gasteiger partial charge in [0.25, 0.3) is 0 Å². The number of methoxy groups -OCH3 is 1. The van der Waals surface area contributed by atoms with Crippen LogP contribution in [0.1, 0.15) is 33.1 Å². The number of esters is 1. The van der Waals surface area contributed by atoms with E-state index in [2.05, 4.69) is 24.5 Å². The summed E-state index contributed by atoms with van der Waals surface area (Å²) in [6, 6.07) is -0.273. The molecule has 0 saturated heterocycles. The van der Waals surface area contributed by atoms with Gasteiger partial charge >= 0.3 is 5.97 Å². The molecule has 0 aliphatic rings. The van der Waals surface area contributed by atoms with Gasteiger partial charge in [-0.1, -0.05) is 13.8 Å². The first-order valence-electron chi connectivity index (χ1n) is 6.03. The number of rotatable bonds is 8. The average Bonchev–Trinajstić information content (AvgIpc) is 2.31. The lowest BCUT2D eigenvalue weighted by Gasteiger charge is -2.18. The molecule has 0 aliphatic heterocycles. The second kappa shape index (κ2) is 8.98. The Morgan fingerprint density at radius 3 is 2.41 bits per heavy atom. The van der Waals surface area contributed by atoms with E-state index in [1.807, 2.05) is 0 Å². The Bertz CT molecular complexity index is 242. The molecular weight excluding hydrogens is 220 g/mol. The first-order valence-corrected chi connectivity index (χ1v) is 6.03. The van der Waals surface area contributed by atoms with Crippen molar-refractivity contribution in [3.63, 3.8) is 0 Å². The summed E-state index contributed by atoms with van der Waals surface area (Å²) in [5.41, 5.74) is 0. The number of hydrogen-bond donors (Lipinski definition) is 2. The molecule has 0 aromatic heterocycles. The Morgan fingerprint density at radius 2 is 1.94 bits per heavy atom. The van der Waals surface area contributed by atoms with Crippen molar-refractivity contribution in [2.24, 2.45) is 5.92 Å². The van der Waals surface area contributed by atoms with Crippen molar-refractivity contribution in [3.05, 3.63) is 0 Å². The van der Waals surface area contributed by atoms with Crippen LogP contribution in [0.15, 0.2) is 0 Å². The van der Waals surface area contributed by atoms with Crippen molar-refractivity contribution >= 4 is 11.9 Å². The first kappa shape index (κ1) is 15.9. The zero-order chi connectivity index (χ0) is 13.3. The van der Waals surface area contributed by atoms with Crippen LogP contribution in [0.25, 0.3) is 0 Å². The van der Waals surface area contributed by atoms with E-state index in [-0.39, 0.29) is 17.9 Å². The summed E-state index contributed by atoms with van der Waals surface area (Å²) >= 11 is 0. The molecule has 0 rings (SSSR count). The SMILES string of the molecule is CNC(=O)CCCNC(CC(C)C)C(=O)OC. The zero-order valence-corrected chi connectivity index (χ0v) is 11.2. The highest BCUT2D eigenvalue weighted by molar-refractivity contribution is 5.76. The maximum Gasteiger partial charge on any atom is 0.322 e. The van der Waals surface area contributed by atoms with Gasteiger partial charge in [-0.25, -0.2) is 0 Å². The molecule has 0 radical (unpaired) electrons. The van der Waals surface area contributed by atoms with Crippen LogP contribution in [0.3, 0.4) is 0 Å². The van der Waals surface area contributed by atoms with E-state index in [1.165, 1.54) is 7.11 Å². The molecule has 1 amide bonds. The molecule has 0 aliphatic carbocycles. The van der Waals surface area contributed by atoms with E-state index in [1.54, 1.807) is 7.05 Å². The molecule has 0 heterocycles. The highest BCUT2D eigenvalue weighted by Crippen LogP contribution is 2.06. The molecule has 0 aromatic rings. The van der Waals surface area contributed by atoms with Gasteiger partial charge in [-0.15, -0.1) is 0 Å². The van der Waals surface area contributed by atoms with E-state index in [0.717, 1.165) is 6.42 Å². The molecule has 5 heteroatoms. The van der Waals surface area contributed by atoms with Crippen molar-refractivity contribution < 1.29 is 14.3 Å². The van der Waals surface area contributed by atoms with Crippen LogP contribution < -0.4 is 10.6 Å². The van der Waals surface area contributed by atoms with Crippen molar-refractivity contribution in [1.29, 1.82) is 0 Å². The standard InChI is InChI=1S/C12H24N2O3/c1-9(2)8-10(12(16)17-4)14-7-5-6-11(15)13-3/h9-10,14H,5-8H2,1-4H3,(H,13,15). The number of carbonyl (C=O) groups excluding carboxylic acids is 2. The molecule has 1 atom stereocenters. The van der Waals surface area contributed by atoms with E-state index < -0.39 is 0 Å².